The van der Waals surface area contributed by atoms with E-state index >= 15 is 0 Å². The molecule has 1 unspecified atom stereocenters. The Morgan fingerprint density at radius 1 is 1.55 bits per heavy atom. The van der Waals surface area contributed by atoms with Crippen LogP contribution in [0.5, 0.6) is 0 Å². The fraction of sp³-hybridized carbons (Fsp3) is 0.500. The third-order valence-electron chi connectivity index (χ3n) is 1.80. The summed E-state index contributed by atoms with van der Waals surface area (Å²) < 4.78 is 5.36. The molecule has 0 amide bonds. The average molecular weight is 154 g/mol. The Morgan fingerprint density at radius 3 is 2.55 bits per heavy atom. The first-order chi connectivity index (χ1) is 5.15. The minimum absolute atomic E-state index is 0.164. The van der Waals surface area contributed by atoms with Crippen molar-refractivity contribution < 1.29 is 4.42 Å². The van der Waals surface area contributed by atoms with Gasteiger partial charge in [0.05, 0.1) is 6.04 Å². The van der Waals surface area contributed by atoms with Gasteiger partial charge in [0.1, 0.15) is 11.5 Å². The molecule has 1 heterocycles. The maximum absolute atomic E-state index is 5.66. The molecule has 0 saturated heterocycles. The van der Waals surface area contributed by atoms with Crippen molar-refractivity contribution in [3.63, 3.8) is 0 Å². The van der Waals surface area contributed by atoms with Gasteiger partial charge in [-0.3, -0.25) is 0 Å². The molecule has 0 saturated carbocycles. The topological polar surface area (TPSA) is 65.2 Å². The van der Waals surface area contributed by atoms with E-state index in [4.69, 9.17) is 15.9 Å². The van der Waals surface area contributed by atoms with Gasteiger partial charge in [0, 0.05) is 6.54 Å². The monoisotopic (exact) mass is 154 g/mol. The number of aryl methyl sites for hydroxylation is 2. The molecule has 0 bridgehead atoms. The van der Waals surface area contributed by atoms with Crippen molar-refractivity contribution in [2.24, 2.45) is 11.5 Å². The zero-order valence-electron chi connectivity index (χ0n) is 6.92. The molecule has 0 aromatic carbocycles. The van der Waals surface area contributed by atoms with E-state index in [-0.39, 0.29) is 6.04 Å². The lowest BCUT2D eigenvalue weighted by Gasteiger charge is -2.02. The van der Waals surface area contributed by atoms with Crippen LogP contribution in [0.1, 0.15) is 23.1 Å². The summed E-state index contributed by atoms with van der Waals surface area (Å²) in [7, 11) is 0. The van der Waals surface area contributed by atoms with Crippen LogP contribution in [-0.2, 0) is 0 Å². The maximum Gasteiger partial charge on any atom is 0.122 e. The number of hydrogen-bond acceptors (Lipinski definition) is 3. The molecule has 62 valence electrons. The molecule has 11 heavy (non-hydrogen) atoms. The second kappa shape index (κ2) is 3.07. The van der Waals surface area contributed by atoms with Gasteiger partial charge in [-0.25, -0.2) is 0 Å². The smallest absolute Gasteiger partial charge is 0.122 e. The molecule has 0 spiro atoms. The van der Waals surface area contributed by atoms with Gasteiger partial charge in [-0.15, -0.1) is 0 Å². The first-order valence-electron chi connectivity index (χ1n) is 3.67. The van der Waals surface area contributed by atoms with Crippen molar-refractivity contribution in [3.8, 4) is 0 Å². The van der Waals surface area contributed by atoms with Crippen LogP contribution in [0, 0.1) is 13.8 Å². The van der Waals surface area contributed by atoms with Crippen LogP contribution in [0.25, 0.3) is 0 Å². The molecular formula is C8H14N2O. The Bertz CT molecular complexity index is 223. The first-order valence-corrected chi connectivity index (χ1v) is 3.67. The molecule has 4 N–H and O–H groups in total. The van der Waals surface area contributed by atoms with Gasteiger partial charge in [-0.2, -0.15) is 0 Å². The van der Waals surface area contributed by atoms with Crippen LogP contribution in [0.15, 0.2) is 10.5 Å². The number of rotatable bonds is 2. The summed E-state index contributed by atoms with van der Waals surface area (Å²) in [6, 6.07) is 1.77. The second-order valence-electron chi connectivity index (χ2n) is 2.73. The second-order valence-corrected chi connectivity index (χ2v) is 2.73. The standard InChI is InChI=1S/C8H14N2O/c1-5-3-8(7(10)4-9)11-6(5)2/h3,7H,4,9-10H2,1-2H3. The molecule has 0 fully saturated rings. The molecule has 1 aromatic heterocycles. The van der Waals surface area contributed by atoms with E-state index in [1.54, 1.807) is 0 Å². The van der Waals surface area contributed by atoms with Gasteiger partial charge in [-0.05, 0) is 25.5 Å². The Hall–Kier alpha value is -0.800. The highest BCUT2D eigenvalue weighted by Gasteiger charge is 2.09. The van der Waals surface area contributed by atoms with Crippen molar-refractivity contribution in [2.45, 2.75) is 19.9 Å². The van der Waals surface area contributed by atoms with E-state index in [0.717, 1.165) is 17.1 Å². The number of nitrogens with two attached hydrogens (primary N) is 2. The normalized spacial score (nSPS) is 13.5. The lowest BCUT2D eigenvalue weighted by atomic mass is 10.2. The van der Waals surface area contributed by atoms with Crippen molar-refractivity contribution in [1.29, 1.82) is 0 Å². The molecule has 0 aliphatic heterocycles. The van der Waals surface area contributed by atoms with E-state index in [1.165, 1.54) is 0 Å². The molecule has 1 aromatic rings. The quantitative estimate of drug-likeness (QED) is 0.663. The Balaban J connectivity index is 2.88. The number of hydrogen-bond donors (Lipinski definition) is 2. The molecule has 0 radical (unpaired) electrons. The fourth-order valence-electron chi connectivity index (χ4n) is 0.901. The van der Waals surface area contributed by atoms with E-state index in [0.29, 0.717) is 6.54 Å². The maximum atomic E-state index is 5.66. The average Bonchev–Trinajstić information content (AvgIpc) is 2.31. The van der Waals surface area contributed by atoms with E-state index < -0.39 is 0 Å². The summed E-state index contributed by atoms with van der Waals surface area (Å²) >= 11 is 0. The van der Waals surface area contributed by atoms with Gasteiger partial charge in [0.25, 0.3) is 0 Å². The lowest BCUT2D eigenvalue weighted by Crippen LogP contribution is -2.19. The molecular weight excluding hydrogens is 140 g/mol. The minimum atomic E-state index is -0.164. The zero-order valence-corrected chi connectivity index (χ0v) is 6.92. The van der Waals surface area contributed by atoms with Gasteiger partial charge in [0.15, 0.2) is 0 Å². The minimum Gasteiger partial charge on any atom is -0.464 e. The van der Waals surface area contributed by atoms with Crippen molar-refractivity contribution in [1.82, 2.24) is 0 Å². The molecule has 1 atom stereocenters. The highest BCUT2D eigenvalue weighted by atomic mass is 16.3. The summed E-state index contributed by atoms with van der Waals surface area (Å²) in [5.41, 5.74) is 12.2. The van der Waals surface area contributed by atoms with Crippen LogP contribution < -0.4 is 11.5 Å². The van der Waals surface area contributed by atoms with Gasteiger partial charge >= 0.3 is 0 Å². The van der Waals surface area contributed by atoms with Gasteiger partial charge < -0.3 is 15.9 Å². The third kappa shape index (κ3) is 1.61. The van der Waals surface area contributed by atoms with Crippen LogP contribution in [0.2, 0.25) is 0 Å². The van der Waals surface area contributed by atoms with Crippen molar-refractivity contribution in [2.75, 3.05) is 6.54 Å². The summed E-state index contributed by atoms with van der Waals surface area (Å²) in [5.74, 6) is 1.70. The predicted octanol–water partition coefficient (Wildman–Crippen LogP) is 0.855. The van der Waals surface area contributed by atoms with E-state index in [9.17, 15) is 0 Å². The predicted molar refractivity (Wildman–Crippen MR) is 44.2 cm³/mol. The molecule has 0 aliphatic rings. The number of furan rings is 1. The Kier molecular flexibility index (Phi) is 2.31. The fourth-order valence-corrected chi connectivity index (χ4v) is 0.901. The Labute approximate surface area is 66.4 Å². The van der Waals surface area contributed by atoms with Crippen LogP contribution in [0.4, 0.5) is 0 Å². The first kappa shape index (κ1) is 8.30. The summed E-state index contributed by atoms with van der Waals surface area (Å²) in [5, 5.41) is 0. The molecule has 3 heteroatoms. The third-order valence-corrected chi connectivity index (χ3v) is 1.80. The zero-order chi connectivity index (χ0) is 8.43. The van der Waals surface area contributed by atoms with Crippen LogP contribution in [0.3, 0.4) is 0 Å². The Morgan fingerprint density at radius 2 is 2.18 bits per heavy atom. The van der Waals surface area contributed by atoms with Crippen molar-refractivity contribution in [3.05, 3.63) is 23.2 Å². The molecule has 1 rings (SSSR count). The summed E-state index contributed by atoms with van der Waals surface area (Å²) in [4.78, 5) is 0. The highest BCUT2D eigenvalue weighted by Crippen LogP contribution is 2.17. The summed E-state index contributed by atoms with van der Waals surface area (Å²) in [6.45, 7) is 4.33. The summed E-state index contributed by atoms with van der Waals surface area (Å²) in [6.07, 6.45) is 0. The van der Waals surface area contributed by atoms with Crippen LogP contribution in [-0.4, -0.2) is 6.54 Å². The molecule has 3 nitrogen and oxygen atoms in total. The van der Waals surface area contributed by atoms with E-state index in [2.05, 4.69) is 0 Å². The van der Waals surface area contributed by atoms with E-state index in [1.807, 2.05) is 19.9 Å². The highest BCUT2D eigenvalue weighted by molar-refractivity contribution is 5.20. The van der Waals surface area contributed by atoms with Crippen LogP contribution >= 0.6 is 0 Å². The van der Waals surface area contributed by atoms with Gasteiger partial charge in [0.2, 0.25) is 0 Å². The molecule has 0 aliphatic carbocycles. The largest absolute Gasteiger partial charge is 0.464 e. The lowest BCUT2D eigenvalue weighted by molar-refractivity contribution is 0.448. The SMILES string of the molecule is Cc1cc(C(N)CN)oc1C. The van der Waals surface area contributed by atoms with Gasteiger partial charge in [-0.1, -0.05) is 0 Å². The van der Waals surface area contributed by atoms with Crippen molar-refractivity contribution >= 4 is 0 Å².